The van der Waals surface area contributed by atoms with Gasteiger partial charge in [0.1, 0.15) is 0 Å². The van der Waals surface area contributed by atoms with E-state index < -0.39 is 0 Å². The highest BCUT2D eigenvalue weighted by molar-refractivity contribution is 6.34. The Kier molecular flexibility index (Phi) is 5.63. The van der Waals surface area contributed by atoms with E-state index in [2.05, 4.69) is 15.6 Å². The minimum absolute atomic E-state index is 0.270. The van der Waals surface area contributed by atoms with Crippen LogP contribution in [0.1, 0.15) is 12.5 Å². The molecule has 0 aliphatic carbocycles. The molecule has 0 bridgehead atoms. The van der Waals surface area contributed by atoms with Gasteiger partial charge in [0.2, 0.25) is 0 Å². The molecule has 2 amide bonds. The molecule has 1 aromatic rings. The third-order valence-electron chi connectivity index (χ3n) is 2.71. The average Bonchev–Trinajstić information content (AvgIpc) is 2.40. The van der Waals surface area contributed by atoms with Gasteiger partial charge in [-0.2, -0.15) is 0 Å². The van der Waals surface area contributed by atoms with Crippen LogP contribution >= 0.6 is 11.6 Å². The number of hydrogen-bond donors (Lipinski definition) is 2. The first-order valence-corrected chi connectivity index (χ1v) is 6.41. The lowest BCUT2D eigenvalue weighted by atomic mass is 10.2. The molecule has 104 valence electrons. The highest BCUT2D eigenvalue weighted by Crippen LogP contribution is 2.29. The molecular weight excluding hydrogens is 264 g/mol. The lowest BCUT2D eigenvalue weighted by Crippen LogP contribution is -2.47. The molecule has 19 heavy (non-hydrogen) atoms. The number of amides is 2. The van der Waals surface area contributed by atoms with Gasteiger partial charge in [0, 0.05) is 20.6 Å². The zero-order valence-electron chi connectivity index (χ0n) is 11.6. The minimum Gasteiger partial charge on any atom is -0.359 e. The number of para-hydroxylation sites is 1. The largest absolute Gasteiger partial charge is 0.359 e. The highest BCUT2D eigenvalue weighted by atomic mass is 35.5. The second kappa shape index (κ2) is 6.99. The summed E-state index contributed by atoms with van der Waals surface area (Å²) in [6.45, 7) is 4.33. The predicted molar refractivity (Wildman–Crippen MR) is 80.2 cm³/mol. The topological polar surface area (TPSA) is 56.7 Å². The number of benzene rings is 1. The van der Waals surface area contributed by atoms with Crippen molar-refractivity contribution in [2.75, 3.05) is 25.5 Å². The van der Waals surface area contributed by atoms with Crippen LogP contribution in [-0.2, 0) is 0 Å². The molecule has 0 saturated heterocycles. The second-order valence-electron chi connectivity index (χ2n) is 3.90. The Morgan fingerprint density at radius 1 is 1.47 bits per heavy atom. The van der Waals surface area contributed by atoms with E-state index in [0.717, 1.165) is 11.3 Å². The summed E-state index contributed by atoms with van der Waals surface area (Å²) in [6.07, 6.45) is 0. The first-order chi connectivity index (χ1) is 9.04. The average molecular weight is 283 g/mol. The molecule has 1 rings (SSSR count). The first kappa shape index (κ1) is 15.3. The molecule has 0 aliphatic heterocycles. The maximum absolute atomic E-state index is 12.2. The number of rotatable bonds is 2. The van der Waals surface area contributed by atoms with E-state index in [4.69, 9.17) is 11.6 Å². The number of aryl methyl sites for hydroxylation is 1. The van der Waals surface area contributed by atoms with Crippen molar-refractivity contribution in [2.24, 2.45) is 4.99 Å². The van der Waals surface area contributed by atoms with Gasteiger partial charge < -0.3 is 5.32 Å². The first-order valence-electron chi connectivity index (χ1n) is 6.03. The van der Waals surface area contributed by atoms with Gasteiger partial charge in [0.05, 0.1) is 10.7 Å². The summed E-state index contributed by atoms with van der Waals surface area (Å²) in [5, 5.41) is 6.04. The van der Waals surface area contributed by atoms with Crippen LogP contribution in [0.5, 0.6) is 0 Å². The molecule has 0 aromatic heterocycles. The summed E-state index contributed by atoms with van der Waals surface area (Å²) in [4.78, 5) is 17.7. The van der Waals surface area contributed by atoms with Crippen molar-refractivity contribution < 1.29 is 4.79 Å². The molecule has 0 atom stereocenters. The highest BCUT2D eigenvalue weighted by Gasteiger charge is 2.19. The van der Waals surface area contributed by atoms with Crippen LogP contribution in [0.3, 0.4) is 0 Å². The number of nitrogens with zero attached hydrogens (tertiary/aromatic N) is 2. The van der Waals surface area contributed by atoms with Crippen LogP contribution < -0.4 is 15.5 Å². The number of guanidine groups is 1. The molecule has 6 heteroatoms. The lowest BCUT2D eigenvalue weighted by Gasteiger charge is -2.24. The van der Waals surface area contributed by atoms with Crippen molar-refractivity contribution in [1.29, 1.82) is 0 Å². The molecule has 0 radical (unpaired) electrons. The van der Waals surface area contributed by atoms with Crippen LogP contribution in [0.15, 0.2) is 23.2 Å². The Balaban J connectivity index is 3.04. The molecule has 2 N–H and O–H groups in total. The Hall–Kier alpha value is -1.75. The summed E-state index contributed by atoms with van der Waals surface area (Å²) in [5.41, 5.74) is 1.67. The Morgan fingerprint density at radius 2 is 2.16 bits per heavy atom. The van der Waals surface area contributed by atoms with Gasteiger partial charge in [-0.05, 0) is 25.5 Å². The molecule has 0 heterocycles. The zero-order valence-corrected chi connectivity index (χ0v) is 12.4. The SMILES string of the molecule is CCN(C(=O)NC(=NC)NC)c1c(C)cccc1Cl. The van der Waals surface area contributed by atoms with Gasteiger partial charge in [-0.25, -0.2) is 4.79 Å². The van der Waals surface area contributed by atoms with Crippen molar-refractivity contribution in [1.82, 2.24) is 10.6 Å². The number of halogens is 1. The Morgan fingerprint density at radius 3 is 2.63 bits per heavy atom. The summed E-state index contributed by atoms with van der Waals surface area (Å²) in [5.74, 6) is 0.410. The van der Waals surface area contributed by atoms with Crippen molar-refractivity contribution in [3.05, 3.63) is 28.8 Å². The number of carbonyl (C=O) groups is 1. The van der Waals surface area contributed by atoms with Gasteiger partial charge in [-0.3, -0.25) is 15.2 Å². The Bertz CT molecular complexity index is 467. The van der Waals surface area contributed by atoms with Crippen LogP contribution in [-0.4, -0.2) is 32.6 Å². The van der Waals surface area contributed by atoms with E-state index >= 15 is 0 Å². The quantitative estimate of drug-likeness (QED) is 0.646. The maximum atomic E-state index is 12.2. The van der Waals surface area contributed by atoms with Gasteiger partial charge >= 0.3 is 6.03 Å². The third-order valence-corrected chi connectivity index (χ3v) is 3.01. The molecule has 0 spiro atoms. The van der Waals surface area contributed by atoms with E-state index in [0.29, 0.717) is 17.5 Å². The van der Waals surface area contributed by atoms with E-state index in [1.807, 2.05) is 26.0 Å². The number of hydrogen-bond acceptors (Lipinski definition) is 2. The number of urea groups is 1. The van der Waals surface area contributed by atoms with E-state index in [-0.39, 0.29) is 6.03 Å². The van der Waals surface area contributed by atoms with Crippen molar-refractivity contribution in [2.45, 2.75) is 13.8 Å². The normalized spacial score (nSPS) is 11.1. The summed E-state index contributed by atoms with van der Waals surface area (Å²) in [7, 11) is 3.29. The van der Waals surface area contributed by atoms with Crippen molar-refractivity contribution >= 4 is 29.3 Å². The fraction of sp³-hybridized carbons (Fsp3) is 0.385. The predicted octanol–water partition coefficient (Wildman–Crippen LogP) is 2.39. The number of anilines is 1. The second-order valence-corrected chi connectivity index (χ2v) is 4.31. The number of nitrogens with one attached hydrogen (secondary N) is 2. The fourth-order valence-electron chi connectivity index (χ4n) is 1.77. The maximum Gasteiger partial charge on any atom is 0.328 e. The standard InChI is InChI=1S/C13H19ClN4O/c1-5-18(13(19)17-12(15-3)16-4)11-9(2)7-6-8-10(11)14/h6-8H,5H2,1-4H3,(H2,15,16,17,19). The Labute approximate surface area is 118 Å². The van der Waals surface area contributed by atoms with Crippen LogP contribution in [0.4, 0.5) is 10.5 Å². The van der Waals surface area contributed by atoms with Crippen LogP contribution in [0.25, 0.3) is 0 Å². The zero-order chi connectivity index (χ0) is 14.4. The summed E-state index contributed by atoms with van der Waals surface area (Å²) < 4.78 is 0. The van der Waals surface area contributed by atoms with E-state index in [9.17, 15) is 4.79 Å². The molecule has 0 fully saturated rings. The minimum atomic E-state index is -0.270. The summed E-state index contributed by atoms with van der Waals surface area (Å²) in [6, 6.07) is 5.28. The van der Waals surface area contributed by atoms with Gasteiger partial charge in [-0.1, -0.05) is 23.7 Å². The van der Waals surface area contributed by atoms with Crippen molar-refractivity contribution in [3.63, 3.8) is 0 Å². The number of carbonyl (C=O) groups excluding carboxylic acids is 1. The molecule has 0 aliphatic rings. The molecular formula is C13H19ClN4O. The molecule has 1 aromatic carbocycles. The van der Waals surface area contributed by atoms with Gasteiger partial charge in [0.25, 0.3) is 0 Å². The van der Waals surface area contributed by atoms with Crippen LogP contribution in [0, 0.1) is 6.92 Å². The van der Waals surface area contributed by atoms with E-state index in [1.54, 1.807) is 25.1 Å². The molecule has 0 saturated carbocycles. The van der Waals surface area contributed by atoms with E-state index in [1.165, 1.54) is 0 Å². The van der Waals surface area contributed by atoms with Crippen LogP contribution in [0.2, 0.25) is 5.02 Å². The molecule has 5 nitrogen and oxygen atoms in total. The lowest BCUT2D eigenvalue weighted by molar-refractivity contribution is 0.250. The smallest absolute Gasteiger partial charge is 0.328 e. The number of aliphatic imine (C=N–C) groups is 1. The monoisotopic (exact) mass is 282 g/mol. The summed E-state index contributed by atoms with van der Waals surface area (Å²) >= 11 is 6.18. The fourth-order valence-corrected chi connectivity index (χ4v) is 2.09. The van der Waals surface area contributed by atoms with Gasteiger partial charge in [-0.15, -0.1) is 0 Å². The molecule has 0 unspecified atom stereocenters. The van der Waals surface area contributed by atoms with Gasteiger partial charge in [0.15, 0.2) is 5.96 Å². The third kappa shape index (κ3) is 3.61. The van der Waals surface area contributed by atoms with Crippen molar-refractivity contribution in [3.8, 4) is 0 Å².